The van der Waals surface area contributed by atoms with Crippen LogP contribution in [0.5, 0.6) is 17.2 Å². The van der Waals surface area contributed by atoms with Crippen LogP contribution in [0.15, 0.2) is 114 Å². The molecule has 14 heteroatoms. The van der Waals surface area contributed by atoms with Crippen molar-refractivity contribution >= 4 is 17.5 Å². The highest BCUT2D eigenvalue weighted by atomic mass is 19.1. The Morgan fingerprint density at radius 3 is 2.17 bits per heavy atom. The van der Waals surface area contributed by atoms with Crippen LogP contribution >= 0.6 is 0 Å². The summed E-state index contributed by atoms with van der Waals surface area (Å²) in [6.07, 6.45) is 19.0. The molecule has 0 radical (unpaired) electrons. The molecular weight excluding hydrogens is 966 g/mol. The second kappa shape index (κ2) is 28.9. The van der Waals surface area contributed by atoms with E-state index in [1.54, 1.807) is 35.2 Å². The molecule has 1 fully saturated rings. The second-order valence-corrected chi connectivity index (χ2v) is 20.9. The van der Waals surface area contributed by atoms with E-state index in [2.05, 4.69) is 39.5 Å². The maximum Gasteiger partial charge on any atom is 0.410 e. The van der Waals surface area contributed by atoms with Crippen molar-refractivity contribution in [3.63, 3.8) is 0 Å². The minimum Gasteiger partial charge on any atom is -0.459 e. The number of aliphatic hydroxyl groups is 2. The van der Waals surface area contributed by atoms with Crippen molar-refractivity contribution in [3.8, 4) is 17.2 Å². The molecule has 2 aliphatic carbocycles. The Balaban J connectivity index is 1.35. The molecule has 1 saturated carbocycles. The average Bonchev–Trinajstić information content (AvgIpc) is 3.62. The Hall–Kier alpha value is -6.09. The van der Waals surface area contributed by atoms with Crippen molar-refractivity contribution in [1.82, 2.24) is 4.90 Å². The van der Waals surface area contributed by atoms with Crippen LogP contribution in [0.2, 0.25) is 0 Å². The quantitative estimate of drug-likeness (QED) is 0.0215. The van der Waals surface area contributed by atoms with Gasteiger partial charge < -0.3 is 34.0 Å². The van der Waals surface area contributed by atoms with E-state index in [0.29, 0.717) is 53.3 Å². The lowest BCUT2D eigenvalue weighted by atomic mass is 9.55. The van der Waals surface area contributed by atoms with Gasteiger partial charge in [0.15, 0.2) is 0 Å². The summed E-state index contributed by atoms with van der Waals surface area (Å²) in [5, 5.41) is 36.6. The smallest absolute Gasteiger partial charge is 0.410 e. The van der Waals surface area contributed by atoms with Crippen LogP contribution in [-0.4, -0.2) is 70.1 Å². The predicted molar refractivity (Wildman–Crippen MR) is 294 cm³/mol. The highest BCUT2D eigenvalue weighted by Gasteiger charge is 2.65. The molecular formula is C62H80FN3O10. The monoisotopic (exact) mass is 1050 g/mol. The highest BCUT2D eigenvalue weighted by molar-refractivity contribution is 6.03. The average molecular weight is 1050 g/mol. The van der Waals surface area contributed by atoms with Crippen molar-refractivity contribution in [2.45, 2.75) is 161 Å². The van der Waals surface area contributed by atoms with Crippen LogP contribution in [0.1, 0.15) is 150 Å². The number of ether oxygens (including phenoxy) is 4. The fourth-order valence-corrected chi connectivity index (χ4v) is 11.4. The van der Waals surface area contributed by atoms with E-state index < -0.39 is 34.6 Å². The van der Waals surface area contributed by atoms with Gasteiger partial charge in [0.05, 0.1) is 29.8 Å². The van der Waals surface area contributed by atoms with E-state index >= 15 is 4.79 Å². The molecule has 0 saturated heterocycles. The summed E-state index contributed by atoms with van der Waals surface area (Å²) in [6.45, 7) is 10.8. The first kappa shape index (κ1) is 57.6. The van der Waals surface area contributed by atoms with E-state index in [4.69, 9.17) is 28.9 Å². The number of hydrogen-bond acceptors (Lipinski definition) is 11. The number of aryl methyl sites for hydroxylation is 2. The standard InChI is InChI=1S/C62H80FN3O10/c1-5-7-8-9-10-11-12-13-14-19-37-72-61(69)65(42-46-23-27-49(63)28-24-46)58-41-56(64-74-43-47-25-29-50(30-26-47)66(70)71)54-39-48(20-15-17-34-67)53(21-16-18-35-68)59-55-40-52(75-51-31-22-44(3)45(4)38-51)32-33-57(55)76-62(58,60(54)59)73-36-6-2/h6,22-33,38-40,48,53,58-60,67-68H,2,5,7-21,34-37,41-43H2,1,3-4H3/t48-,53+,58-,59+,60+,62+/m0/s1. The van der Waals surface area contributed by atoms with Crippen LogP contribution in [-0.2, 0) is 27.5 Å². The fraction of sp³-hybridized carbons (Fsp3) is 0.516. The third kappa shape index (κ3) is 14.9. The summed E-state index contributed by atoms with van der Waals surface area (Å²) < 4.78 is 42.1. The van der Waals surface area contributed by atoms with Crippen molar-refractivity contribution in [2.24, 2.45) is 22.9 Å². The second-order valence-electron chi connectivity index (χ2n) is 20.9. The van der Waals surface area contributed by atoms with E-state index in [1.807, 2.05) is 30.3 Å². The van der Waals surface area contributed by atoms with Gasteiger partial charge in [-0.2, -0.15) is 0 Å². The molecule has 1 heterocycles. The Bertz CT molecular complexity index is 2570. The number of amides is 1. The summed E-state index contributed by atoms with van der Waals surface area (Å²) >= 11 is 0. The lowest BCUT2D eigenvalue weighted by molar-refractivity contribution is -0.384. The van der Waals surface area contributed by atoms with Gasteiger partial charge in [-0.05, 0) is 140 Å². The third-order valence-electron chi connectivity index (χ3n) is 15.5. The molecule has 1 aliphatic heterocycles. The van der Waals surface area contributed by atoms with Crippen molar-refractivity contribution in [1.29, 1.82) is 0 Å². The molecule has 4 aromatic carbocycles. The number of unbranched alkanes of at least 4 members (excludes halogenated alkanes) is 11. The number of nitro groups is 1. The first-order valence-electron chi connectivity index (χ1n) is 27.9. The summed E-state index contributed by atoms with van der Waals surface area (Å²) in [5.74, 6) is -1.11. The van der Waals surface area contributed by atoms with Gasteiger partial charge in [0.1, 0.15) is 35.7 Å². The normalized spacial score (nSPS) is 20.9. The molecule has 2 N–H and O–H groups in total. The topological polar surface area (TPSA) is 162 Å². The maximum atomic E-state index is 15.1. The molecule has 410 valence electrons. The Morgan fingerprint density at radius 1 is 0.842 bits per heavy atom. The van der Waals surface area contributed by atoms with Crippen molar-refractivity contribution < 1.29 is 48.1 Å². The SMILES string of the molecule is C=CCO[C@@]12Oc3ccc(Oc4ccc(C)c(C)c4)cc3[C@H]3[C@H](CCCCO)[C@@H](CCCCO)C=C(C(=NOCc4ccc([N+](=O)[O-])cc4)C[C@@H]1N(Cc1ccc(F)cc1)C(=O)OCCCCCCCCCCCC)[C@H]32. The number of carbonyl (C=O) groups is 1. The number of hydrogen-bond donors (Lipinski definition) is 2. The number of aliphatic hydroxyl groups excluding tert-OH is 2. The summed E-state index contributed by atoms with van der Waals surface area (Å²) in [6, 6.07) is 23.2. The van der Waals surface area contributed by atoms with Gasteiger partial charge in [-0.1, -0.05) is 113 Å². The van der Waals surface area contributed by atoms with E-state index in [9.17, 15) is 24.7 Å². The zero-order valence-corrected chi connectivity index (χ0v) is 45.0. The van der Waals surface area contributed by atoms with Crippen LogP contribution in [0.4, 0.5) is 14.9 Å². The maximum absolute atomic E-state index is 15.1. The number of allylic oxidation sites excluding steroid dienone is 1. The number of non-ortho nitro benzene ring substituents is 1. The minimum absolute atomic E-state index is 0.00800. The summed E-state index contributed by atoms with van der Waals surface area (Å²) in [4.78, 5) is 34.1. The molecule has 0 aromatic heterocycles. The third-order valence-corrected chi connectivity index (χ3v) is 15.5. The van der Waals surface area contributed by atoms with Gasteiger partial charge in [-0.25, -0.2) is 9.18 Å². The fourth-order valence-electron chi connectivity index (χ4n) is 11.4. The molecule has 0 spiro atoms. The van der Waals surface area contributed by atoms with Crippen LogP contribution in [0.25, 0.3) is 0 Å². The molecule has 7 rings (SSSR count). The van der Waals surface area contributed by atoms with Gasteiger partial charge in [0.2, 0.25) is 5.79 Å². The largest absolute Gasteiger partial charge is 0.459 e. The summed E-state index contributed by atoms with van der Waals surface area (Å²) in [7, 11) is 0. The van der Waals surface area contributed by atoms with E-state index in [-0.39, 0.29) is 69.4 Å². The molecule has 0 unspecified atom stereocenters. The number of rotatable bonds is 31. The zero-order chi connectivity index (χ0) is 53.9. The molecule has 0 bridgehead atoms. The molecule has 1 amide bonds. The molecule has 3 aliphatic rings. The number of fused-ring (bicyclic) bond motifs is 2. The van der Waals surface area contributed by atoms with Gasteiger partial charge in [-0.3, -0.25) is 15.0 Å². The molecule has 6 atom stereocenters. The van der Waals surface area contributed by atoms with Gasteiger partial charge in [0, 0.05) is 49.8 Å². The first-order valence-corrected chi connectivity index (χ1v) is 27.9. The predicted octanol–water partition coefficient (Wildman–Crippen LogP) is 14.5. The van der Waals surface area contributed by atoms with E-state index in [0.717, 1.165) is 67.2 Å². The molecule has 76 heavy (non-hydrogen) atoms. The Labute approximate surface area is 449 Å². The van der Waals surface area contributed by atoms with Crippen molar-refractivity contribution in [2.75, 3.05) is 26.4 Å². The lowest BCUT2D eigenvalue weighted by Crippen LogP contribution is -2.70. The number of nitrogens with zero attached hydrogens (tertiary/aromatic N) is 3. The number of nitro benzene ring substituents is 1. The van der Waals surface area contributed by atoms with Gasteiger partial charge in [0.25, 0.3) is 5.69 Å². The van der Waals surface area contributed by atoms with Crippen LogP contribution in [0.3, 0.4) is 0 Å². The Kier molecular flexibility index (Phi) is 21.9. The highest BCUT2D eigenvalue weighted by Crippen LogP contribution is 2.62. The van der Waals surface area contributed by atoms with Crippen molar-refractivity contribution in [3.05, 3.63) is 153 Å². The zero-order valence-electron chi connectivity index (χ0n) is 45.0. The number of benzene rings is 4. The lowest BCUT2D eigenvalue weighted by Gasteiger charge is -2.59. The molecule has 13 nitrogen and oxygen atoms in total. The number of oxime groups is 1. The van der Waals surface area contributed by atoms with E-state index in [1.165, 1.54) is 62.8 Å². The van der Waals surface area contributed by atoms with Crippen LogP contribution in [0, 0.1) is 47.5 Å². The first-order chi connectivity index (χ1) is 37.0. The van der Waals surface area contributed by atoms with Gasteiger partial charge >= 0.3 is 6.09 Å². The molecule has 4 aromatic rings. The summed E-state index contributed by atoms with van der Waals surface area (Å²) in [5.41, 5.74) is 5.86. The Morgan fingerprint density at radius 2 is 1.50 bits per heavy atom. The van der Waals surface area contributed by atoms with Gasteiger partial charge in [-0.15, -0.1) is 6.58 Å². The number of halogens is 1. The number of carbonyl (C=O) groups excluding carboxylic acids is 1. The minimum atomic E-state index is -1.58. The van der Waals surface area contributed by atoms with Crippen LogP contribution < -0.4 is 9.47 Å².